The number of aromatic nitrogens is 1. The zero-order valence-electron chi connectivity index (χ0n) is 14.3. The molecule has 1 aliphatic rings. The van der Waals surface area contributed by atoms with E-state index in [1.165, 1.54) is 6.07 Å². The number of benzene rings is 2. The lowest BCUT2D eigenvalue weighted by molar-refractivity contribution is -0.125. The van der Waals surface area contributed by atoms with Gasteiger partial charge in [-0.25, -0.2) is 4.39 Å². The van der Waals surface area contributed by atoms with Gasteiger partial charge in [-0.3, -0.25) is 9.59 Å². The van der Waals surface area contributed by atoms with Gasteiger partial charge >= 0.3 is 0 Å². The van der Waals surface area contributed by atoms with Crippen LogP contribution in [0.25, 0.3) is 10.9 Å². The highest BCUT2D eigenvalue weighted by molar-refractivity contribution is 6.44. The molecule has 0 aliphatic carbocycles. The molecule has 1 aliphatic heterocycles. The van der Waals surface area contributed by atoms with E-state index in [0.717, 1.165) is 23.7 Å². The molecule has 0 spiro atoms. The Labute approximate surface area is 150 Å². The van der Waals surface area contributed by atoms with Gasteiger partial charge in [-0.1, -0.05) is 36.4 Å². The molecule has 2 aromatic carbocycles. The van der Waals surface area contributed by atoms with E-state index < -0.39 is 11.7 Å². The summed E-state index contributed by atoms with van der Waals surface area (Å²) in [5.41, 5.74) is 1.74. The van der Waals surface area contributed by atoms with Crippen molar-refractivity contribution in [3.63, 3.8) is 0 Å². The highest BCUT2D eigenvalue weighted by atomic mass is 19.1. The number of amides is 1. The fourth-order valence-corrected chi connectivity index (χ4v) is 3.55. The molecule has 4 nitrogen and oxygen atoms in total. The Balaban J connectivity index is 1.73. The SMILES string of the molecule is O=C(C(=O)N1CCCC1)c1cn(Cc2ccccc2F)c2ccccc12. The maximum atomic E-state index is 14.0. The first-order valence-corrected chi connectivity index (χ1v) is 8.80. The number of hydrogen-bond donors (Lipinski definition) is 0. The summed E-state index contributed by atoms with van der Waals surface area (Å²) in [6.45, 7) is 1.58. The molecular weight excluding hydrogens is 331 g/mol. The summed E-state index contributed by atoms with van der Waals surface area (Å²) in [6.07, 6.45) is 3.55. The predicted molar refractivity (Wildman–Crippen MR) is 97.6 cm³/mol. The zero-order chi connectivity index (χ0) is 18.1. The number of Topliss-reactive ketones (excluding diaryl/α,β-unsaturated/α-hetero) is 1. The molecule has 0 unspecified atom stereocenters. The van der Waals surface area contributed by atoms with Crippen LogP contribution in [0.4, 0.5) is 4.39 Å². The van der Waals surface area contributed by atoms with Gasteiger partial charge in [0.1, 0.15) is 5.82 Å². The molecule has 0 radical (unpaired) electrons. The van der Waals surface area contributed by atoms with Crippen LogP contribution in [0.3, 0.4) is 0 Å². The molecule has 1 saturated heterocycles. The maximum absolute atomic E-state index is 14.0. The second-order valence-electron chi connectivity index (χ2n) is 6.61. The van der Waals surface area contributed by atoms with Crippen LogP contribution in [0, 0.1) is 5.82 Å². The van der Waals surface area contributed by atoms with Crippen LogP contribution in [-0.2, 0) is 11.3 Å². The quantitative estimate of drug-likeness (QED) is 0.533. The number of carbonyl (C=O) groups is 2. The van der Waals surface area contributed by atoms with Crippen molar-refractivity contribution in [1.29, 1.82) is 0 Å². The van der Waals surface area contributed by atoms with Gasteiger partial charge in [0.15, 0.2) is 0 Å². The van der Waals surface area contributed by atoms with Crippen LogP contribution in [0.1, 0.15) is 28.8 Å². The van der Waals surface area contributed by atoms with Crippen molar-refractivity contribution in [2.24, 2.45) is 0 Å². The van der Waals surface area contributed by atoms with E-state index in [-0.39, 0.29) is 5.82 Å². The minimum atomic E-state index is -0.490. The van der Waals surface area contributed by atoms with Crippen LogP contribution >= 0.6 is 0 Å². The summed E-state index contributed by atoms with van der Waals surface area (Å²) >= 11 is 0. The number of hydrogen-bond acceptors (Lipinski definition) is 2. The molecule has 4 rings (SSSR count). The number of para-hydroxylation sites is 1. The molecule has 3 aromatic rings. The average molecular weight is 350 g/mol. The van der Waals surface area contributed by atoms with E-state index in [1.807, 2.05) is 28.8 Å². The van der Waals surface area contributed by atoms with Crippen molar-refractivity contribution >= 4 is 22.6 Å². The third-order valence-electron chi connectivity index (χ3n) is 4.92. The van der Waals surface area contributed by atoms with Crippen LogP contribution in [0.5, 0.6) is 0 Å². The summed E-state index contributed by atoms with van der Waals surface area (Å²) in [5, 5.41) is 0.724. The normalized spacial score (nSPS) is 14.1. The first-order chi connectivity index (χ1) is 12.6. The minimum absolute atomic E-state index is 0.286. The first kappa shape index (κ1) is 16.5. The molecule has 5 heteroatoms. The molecular formula is C21H19FN2O2. The van der Waals surface area contributed by atoms with Gasteiger partial charge in [-0.15, -0.1) is 0 Å². The van der Waals surface area contributed by atoms with Gasteiger partial charge in [0.25, 0.3) is 11.7 Å². The van der Waals surface area contributed by atoms with Crippen molar-refractivity contribution in [3.8, 4) is 0 Å². The summed E-state index contributed by atoms with van der Waals surface area (Å²) in [6, 6.07) is 14.0. The van der Waals surface area contributed by atoms with Crippen LogP contribution in [-0.4, -0.2) is 34.2 Å². The lowest BCUT2D eigenvalue weighted by Crippen LogP contribution is -2.34. The van der Waals surface area contributed by atoms with Crippen molar-refractivity contribution in [2.75, 3.05) is 13.1 Å². The molecule has 1 fully saturated rings. The Morgan fingerprint density at radius 1 is 0.962 bits per heavy atom. The second kappa shape index (κ2) is 6.75. The average Bonchev–Trinajstić information content (AvgIpc) is 3.31. The van der Waals surface area contributed by atoms with Gasteiger partial charge in [-0.2, -0.15) is 0 Å². The van der Waals surface area contributed by atoms with Gasteiger partial charge in [0.2, 0.25) is 0 Å². The third-order valence-corrected chi connectivity index (χ3v) is 4.92. The Bertz CT molecular complexity index is 987. The fourth-order valence-electron chi connectivity index (χ4n) is 3.55. The lowest BCUT2D eigenvalue weighted by atomic mass is 10.1. The van der Waals surface area contributed by atoms with E-state index in [1.54, 1.807) is 29.3 Å². The molecule has 132 valence electrons. The number of fused-ring (bicyclic) bond motifs is 1. The Hall–Kier alpha value is -2.95. The number of carbonyl (C=O) groups excluding carboxylic acids is 2. The Morgan fingerprint density at radius 3 is 2.42 bits per heavy atom. The fraction of sp³-hybridized carbons (Fsp3) is 0.238. The van der Waals surface area contributed by atoms with Crippen LogP contribution < -0.4 is 0 Å². The molecule has 2 heterocycles. The van der Waals surface area contributed by atoms with Crippen LogP contribution in [0.2, 0.25) is 0 Å². The van der Waals surface area contributed by atoms with Crippen molar-refractivity contribution in [2.45, 2.75) is 19.4 Å². The highest BCUT2D eigenvalue weighted by Crippen LogP contribution is 2.24. The molecule has 26 heavy (non-hydrogen) atoms. The summed E-state index contributed by atoms with van der Waals surface area (Å²) in [5.74, 6) is -1.22. The number of ketones is 1. The second-order valence-corrected chi connectivity index (χ2v) is 6.61. The first-order valence-electron chi connectivity index (χ1n) is 8.80. The molecule has 0 N–H and O–H groups in total. The summed E-state index contributed by atoms with van der Waals surface area (Å²) in [4.78, 5) is 26.9. The number of likely N-dealkylation sites (tertiary alicyclic amines) is 1. The van der Waals surface area contributed by atoms with E-state index in [9.17, 15) is 14.0 Å². The molecule has 1 amide bonds. The predicted octanol–water partition coefficient (Wildman–Crippen LogP) is 3.63. The number of rotatable bonds is 4. The Kier molecular flexibility index (Phi) is 4.29. The standard InChI is InChI=1S/C21H19FN2O2/c22-18-9-3-1-7-15(18)13-24-14-17(16-8-2-4-10-19(16)24)20(25)21(26)23-11-5-6-12-23/h1-4,7-10,14H,5-6,11-13H2. The third kappa shape index (κ3) is 2.90. The lowest BCUT2D eigenvalue weighted by Gasteiger charge is -2.13. The van der Waals surface area contributed by atoms with E-state index >= 15 is 0 Å². The molecule has 0 atom stereocenters. The van der Waals surface area contributed by atoms with Crippen molar-refractivity contribution < 1.29 is 14.0 Å². The monoisotopic (exact) mass is 350 g/mol. The minimum Gasteiger partial charge on any atom is -0.342 e. The summed E-state index contributed by atoms with van der Waals surface area (Å²) in [7, 11) is 0. The Morgan fingerprint density at radius 2 is 1.65 bits per heavy atom. The topological polar surface area (TPSA) is 42.3 Å². The summed E-state index contributed by atoms with van der Waals surface area (Å²) < 4.78 is 15.9. The number of halogens is 1. The van der Waals surface area contributed by atoms with Crippen LogP contribution in [0.15, 0.2) is 54.7 Å². The van der Waals surface area contributed by atoms with Gasteiger partial charge < -0.3 is 9.47 Å². The van der Waals surface area contributed by atoms with E-state index in [2.05, 4.69) is 0 Å². The van der Waals surface area contributed by atoms with E-state index in [4.69, 9.17) is 0 Å². The largest absolute Gasteiger partial charge is 0.342 e. The molecule has 1 aromatic heterocycles. The highest BCUT2D eigenvalue weighted by Gasteiger charge is 2.28. The maximum Gasteiger partial charge on any atom is 0.295 e. The van der Waals surface area contributed by atoms with Crippen molar-refractivity contribution in [3.05, 3.63) is 71.7 Å². The van der Waals surface area contributed by atoms with Gasteiger partial charge in [0.05, 0.1) is 12.1 Å². The van der Waals surface area contributed by atoms with Gasteiger partial charge in [0, 0.05) is 35.8 Å². The van der Waals surface area contributed by atoms with Gasteiger partial charge in [-0.05, 0) is 25.0 Å². The smallest absolute Gasteiger partial charge is 0.295 e. The number of nitrogens with zero attached hydrogens (tertiary/aromatic N) is 2. The molecule has 0 bridgehead atoms. The zero-order valence-corrected chi connectivity index (χ0v) is 14.3. The van der Waals surface area contributed by atoms with Crippen molar-refractivity contribution in [1.82, 2.24) is 9.47 Å². The molecule has 0 saturated carbocycles. The van der Waals surface area contributed by atoms with E-state index in [0.29, 0.717) is 30.8 Å².